The van der Waals surface area contributed by atoms with Crippen molar-refractivity contribution in [3.63, 3.8) is 0 Å². The molecule has 7 heteroatoms. The largest absolute Gasteiger partial charge is 0.467 e. The highest BCUT2D eigenvalue weighted by molar-refractivity contribution is 9.10. The summed E-state index contributed by atoms with van der Waals surface area (Å²) in [6.45, 7) is -0.00428. The zero-order valence-corrected chi connectivity index (χ0v) is 10.7. The Morgan fingerprint density at radius 1 is 1.71 bits per heavy atom. The summed E-state index contributed by atoms with van der Waals surface area (Å²) in [5.74, 6) is -0.475. The van der Waals surface area contributed by atoms with E-state index in [2.05, 4.69) is 36.0 Å². The number of hydrogen-bond donors (Lipinski definition) is 1. The smallest absolute Gasteiger partial charge is 0.328 e. The van der Waals surface area contributed by atoms with Crippen LogP contribution in [0.5, 0.6) is 0 Å². The summed E-state index contributed by atoms with van der Waals surface area (Å²) in [5, 5.41) is 6.30. The number of anilines is 1. The van der Waals surface area contributed by atoms with Gasteiger partial charge in [-0.3, -0.25) is 0 Å². The molecular formula is C10H11BrN4O2. The highest BCUT2D eigenvalue weighted by Gasteiger charge is 2.17. The van der Waals surface area contributed by atoms with Gasteiger partial charge in [0.15, 0.2) is 0 Å². The SMILES string of the molecule is COC(=O)C(CN=[N+]=[N-])Nc1cccc(Br)c1. The number of nitrogens with zero attached hydrogens (tertiary/aromatic N) is 3. The monoisotopic (exact) mass is 298 g/mol. The molecule has 1 N–H and O–H groups in total. The number of benzene rings is 1. The predicted molar refractivity (Wildman–Crippen MR) is 67.6 cm³/mol. The predicted octanol–water partition coefficient (Wildman–Crippen LogP) is 2.71. The number of esters is 1. The Labute approximate surface area is 107 Å². The zero-order chi connectivity index (χ0) is 12.7. The number of azide groups is 1. The normalized spacial score (nSPS) is 11.2. The van der Waals surface area contributed by atoms with E-state index in [-0.39, 0.29) is 6.54 Å². The van der Waals surface area contributed by atoms with Gasteiger partial charge in [0.1, 0.15) is 6.04 Å². The highest BCUT2D eigenvalue weighted by Crippen LogP contribution is 2.16. The number of carbonyl (C=O) groups is 1. The van der Waals surface area contributed by atoms with Crippen LogP contribution in [0.15, 0.2) is 33.9 Å². The molecule has 0 saturated carbocycles. The Balaban J connectivity index is 2.78. The molecule has 1 aromatic rings. The van der Waals surface area contributed by atoms with Crippen LogP contribution >= 0.6 is 15.9 Å². The number of hydrogen-bond acceptors (Lipinski definition) is 4. The van der Waals surface area contributed by atoms with Crippen molar-refractivity contribution in [1.82, 2.24) is 0 Å². The molecule has 1 rings (SSSR count). The average Bonchev–Trinajstić information content (AvgIpc) is 2.33. The molecule has 0 aliphatic carbocycles. The molecule has 0 aliphatic heterocycles. The van der Waals surface area contributed by atoms with Crippen molar-refractivity contribution in [3.8, 4) is 0 Å². The summed E-state index contributed by atoms with van der Waals surface area (Å²) in [4.78, 5) is 14.0. The Morgan fingerprint density at radius 3 is 3.06 bits per heavy atom. The van der Waals surface area contributed by atoms with Crippen LogP contribution in [0.2, 0.25) is 0 Å². The number of halogens is 1. The van der Waals surface area contributed by atoms with Crippen LogP contribution in [0.3, 0.4) is 0 Å². The van der Waals surface area contributed by atoms with E-state index in [4.69, 9.17) is 5.53 Å². The first-order valence-electron chi connectivity index (χ1n) is 4.78. The summed E-state index contributed by atoms with van der Waals surface area (Å²) in [5.41, 5.74) is 8.99. The van der Waals surface area contributed by atoms with Crippen LogP contribution in [0.4, 0.5) is 5.69 Å². The highest BCUT2D eigenvalue weighted by atomic mass is 79.9. The van der Waals surface area contributed by atoms with Gasteiger partial charge in [-0.05, 0) is 23.7 Å². The fraction of sp³-hybridized carbons (Fsp3) is 0.300. The molecule has 0 bridgehead atoms. The van der Waals surface area contributed by atoms with Crippen molar-refractivity contribution >= 4 is 27.6 Å². The summed E-state index contributed by atoms with van der Waals surface area (Å²) in [6, 6.07) is 6.62. The van der Waals surface area contributed by atoms with Gasteiger partial charge in [-0.1, -0.05) is 27.1 Å². The van der Waals surface area contributed by atoms with Gasteiger partial charge in [-0.2, -0.15) is 0 Å². The maximum Gasteiger partial charge on any atom is 0.328 e. The van der Waals surface area contributed by atoms with Gasteiger partial charge in [0, 0.05) is 15.1 Å². The maximum atomic E-state index is 11.4. The second-order valence-electron chi connectivity index (χ2n) is 3.14. The van der Waals surface area contributed by atoms with Gasteiger partial charge in [-0.15, -0.1) is 0 Å². The molecule has 0 radical (unpaired) electrons. The van der Waals surface area contributed by atoms with Gasteiger partial charge in [-0.25, -0.2) is 4.79 Å². The Bertz CT molecular complexity index is 446. The van der Waals surface area contributed by atoms with E-state index in [1.54, 1.807) is 6.07 Å². The average molecular weight is 299 g/mol. The van der Waals surface area contributed by atoms with Crippen LogP contribution in [0.25, 0.3) is 10.4 Å². The molecule has 1 aromatic carbocycles. The fourth-order valence-electron chi connectivity index (χ4n) is 1.22. The third-order valence-corrected chi connectivity index (χ3v) is 2.47. The number of methoxy groups -OCH3 is 1. The molecule has 1 atom stereocenters. The van der Waals surface area contributed by atoms with Crippen molar-refractivity contribution in [3.05, 3.63) is 39.2 Å². The lowest BCUT2D eigenvalue weighted by atomic mass is 10.2. The molecule has 0 aromatic heterocycles. The van der Waals surface area contributed by atoms with Crippen molar-refractivity contribution < 1.29 is 9.53 Å². The molecule has 1 unspecified atom stereocenters. The Morgan fingerprint density at radius 2 is 2.47 bits per heavy atom. The van der Waals surface area contributed by atoms with E-state index in [0.29, 0.717) is 0 Å². The van der Waals surface area contributed by atoms with Crippen molar-refractivity contribution in [2.45, 2.75) is 6.04 Å². The molecule has 0 heterocycles. The van der Waals surface area contributed by atoms with Gasteiger partial charge in [0.05, 0.1) is 13.7 Å². The number of nitrogens with one attached hydrogen (secondary N) is 1. The van der Waals surface area contributed by atoms with Gasteiger partial charge < -0.3 is 10.1 Å². The van der Waals surface area contributed by atoms with Gasteiger partial charge in [0.25, 0.3) is 0 Å². The van der Waals surface area contributed by atoms with Crippen molar-refractivity contribution in [1.29, 1.82) is 0 Å². The van der Waals surface area contributed by atoms with E-state index < -0.39 is 12.0 Å². The Kier molecular flexibility index (Phi) is 5.32. The van der Waals surface area contributed by atoms with E-state index >= 15 is 0 Å². The van der Waals surface area contributed by atoms with Crippen LogP contribution in [-0.4, -0.2) is 25.7 Å². The molecule has 0 fully saturated rings. The number of rotatable bonds is 5. The van der Waals surface area contributed by atoms with E-state index in [9.17, 15) is 4.79 Å². The first-order chi connectivity index (χ1) is 8.17. The maximum absolute atomic E-state index is 11.4. The van der Waals surface area contributed by atoms with Crippen LogP contribution in [0.1, 0.15) is 0 Å². The molecular weight excluding hydrogens is 288 g/mol. The topological polar surface area (TPSA) is 87.1 Å². The molecule has 0 aliphatic rings. The first-order valence-corrected chi connectivity index (χ1v) is 5.57. The third-order valence-electron chi connectivity index (χ3n) is 1.98. The summed E-state index contributed by atoms with van der Waals surface area (Å²) >= 11 is 3.32. The van der Waals surface area contributed by atoms with Gasteiger partial charge in [0.2, 0.25) is 0 Å². The Hall–Kier alpha value is -1.72. The van der Waals surface area contributed by atoms with Gasteiger partial charge >= 0.3 is 5.97 Å². The van der Waals surface area contributed by atoms with Crippen LogP contribution in [0, 0.1) is 0 Å². The second kappa shape index (κ2) is 6.78. The minimum atomic E-state index is -0.690. The van der Waals surface area contributed by atoms with Crippen molar-refractivity contribution in [2.24, 2.45) is 5.11 Å². The lowest BCUT2D eigenvalue weighted by Crippen LogP contribution is -2.33. The fourth-order valence-corrected chi connectivity index (χ4v) is 1.62. The lowest BCUT2D eigenvalue weighted by Gasteiger charge is -2.15. The lowest BCUT2D eigenvalue weighted by molar-refractivity contribution is -0.141. The minimum absolute atomic E-state index is 0.00428. The molecule has 0 amide bonds. The standard InChI is InChI=1S/C10H11BrN4O2/c1-17-10(16)9(6-13-15-12)14-8-4-2-3-7(11)5-8/h2-5,9,14H,6H2,1H3. The molecule has 0 saturated heterocycles. The van der Waals surface area contributed by atoms with Crippen LogP contribution < -0.4 is 5.32 Å². The van der Waals surface area contributed by atoms with E-state index in [1.165, 1.54) is 7.11 Å². The summed E-state index contributed by atoms with van der Waals surface area (Å²) in [7, 11) is 1.29. The van der Waals surface area contributed by atoms with E-state index in [0.717, 1.165) is 10.2 Å². The number of ether oxygens (including phenoxy) is 1. The zero-order valence-electron chi connectivity index (χ0n) is 9.13. The number of carbonyl (C=O) groups excluding carboxylic acids is 1. The molecule has 6 nitrogen and oxygen atoms in total. The van der Waals surface area contributed by atoms with Crippen LogP contribution in [-0.2, 0) is 9.53 Å². The summed E-state index contributed by atoms with van der Waals surface area (Å²) in [6.07, 6.45) is 0. The first kappa shape index (κ1) is 13.3. The summed E-state index contributed by atoms with van der Waals surface area (Å²) < 4.78 is 5.50. The molecule has 17 heavy (non-hydrogen) atoms. The second-order valence-corrected chi connectivity index (χ2v) is 4.06. The molecule has 0 spiro atoms. The minimum Gasteiger partial charge on any atom is -0.467 e. The molecule has 90 valence electrons. The van der Waals surface area contributed by atoms with E-state index in [1.807, 2.05) is 18.2 Å². The quantitative estimate of drug-likeness (QED) is 0.392. The third kappa shape index (κ3) is 4.34. The van der Waals surface area contributed by atoms with Crippen molar-refractivity contribution in [2.75, 3.05) is 19.0 Å².